The molecule has 1 aliphatic heterocycles. The quantitative estimate of drug-likeness (QED) is 0.0788. The Balaban J connectivity index is 0.000000241. The molecule has 0 atom stereocenters. The average Bonchev–Trinajstić information content (AvgIpc) is 3.36. The molecule has 0 aromatic heterocycles. The normalized spacial score (nSPS) is 12.2. The highest BCUT2D eigenvalue weighted by atomic mass is 35.5. The molecule has 5 nitrogen and oxygen atoms in total. The van der Waals surface area contributed by atoms with Crippen LogP contribution in [0.25, 0.3) is 18.2 Å². The van der Waals surface area contributed by atoms with Crippen LogP contribution in [0.5, 0.6) is 0 Å². The number of fused-ring (bicyclic) bond motifs is 1. The Morgan fingerprint density at radius 3 is 1.67 bits per heavy atom. The van der Waals surface area contributed by atoms with Gasteiger partial charge in [0.25, 0.3) is 5.97 Å². The lowest BCUT2D eigenvalue weighted by atomic mass is 10.1. The van der Waals surface area contributed by atoms with Gasteiger partial charge >= 0.3 is 0 Å². The van der Waals surface area contributed by atoms with E-state index in [4.69, 9.17) is 21.5 Å². The third kappa shape index (κ3) is 17.3. The fourth-order valence-electron chi connectivity index (χ4n) is 5.15. The lowest BCUT2D eigenvalue weighted by Crippen LogP contribution is -2.35. The monoisotopic (exact) mass is 717 g/mol. The summed E-state index contributed by atoms with van der Waals surface area (Å²) in [5, 5.41) is 7.42. The minimum absolute atomic E-state index is 0.779. The van der Waals surface area contributed by atoms with Crippen molar-refractivity contribution in [3.63, 3.8) is 0 Å². The number of quaternary nitrogens is 1. The number of carboxylic acids is 1. The summed E-state index contributed by atoms with van der Waals surface area (Å²) in [4.78, 5) is 13.4. The van der Waals surface area contributed by atoms with Crippen LogP contribution in [0.1, 0.15) is 45.9 Å². The maximum absolute atomic E-state index is 9.00. The third-order valence-corrected chi connectivity index (χ3v) is 8.17. The predicted octanol–water partition coefficient (Wildman–Crippen LogP) is 10.4. The van der Waals surface area contributed by atoms with Crippen molar-refractivity contribution in [3.05, 3.63) is 191 Å². The Morgan fingerprint density at radius 1 is 0.712 bits per heavy atom. The van der Waals surface area contributed by atoms with E-state index < -0.39 is 5.97 Å². The molecule has 0 spiro atoms. The lowest BCUT2D eigenvalue weighted by Gasteiger charge is -2.32. The molecule has 1 N–H and O–H groups in total. The Morgan fingerprint density at radius 2 is 1.17 bits per heavy atom. The number of halogens is 1. The SMILES string of the molecule is C=Cc1ccccc1.CC(=O)O.CN(C)Cc1ccccc1.CN(C)Cc1ccccc1/C=C/c1ccccc1.C[N+]1(C)Cc2ccccc2[C-]1Cl. The molecular formula is C46H56ClN3O2. The summed E-state index contributed by atoms with van der Waals surface area (Å²) in [6.45, 7) is 7.72. The number of carbonyl (C=O) groups is 1. The van der Waals surface area contributed by atoms with E-state index in [1.165, 1.54) is 38.9 Å². The molecular weight excluding hydrogens is 662 g/mol. The van der Waals surface area contributed by atoms with Crippen molar-refractivity contribution < 1.29 is 14.4 Å². The summed E-state index contributed by atoms with van der Waals surface area (Å²) in [7, 11) is 12.6. The first kappa shape index (κ1) is 43.3. The average molecular weight is 718 g/mol. The Bertz CT molecular complexity index is 1750. The van der Waals surface area contributed by atoms with Crippen molar-refractivity contribution in [2.45, 2.75) is 26.6 Å². The second-order valence-electron chi connectivity index (χ2n) is 13.3. The van der Waals surface area contributed by atoms with Crippen molar-refractivity contribution in [2.75, 3.05) is 42.3 Å². The van der Waals surface area contributed by atoms with Crippen molar-refractivity contribution in [3.8, 4) is 0 Å². The topological polar surface area (TPSA) is 43.8 Å². The zero-order valence-corrected chi connectivity index (χ0v) is 32.7. The number of nitrogens with zero attached hydrogens (tertiary/aromatic N) is 3. The van der Waals surface area contributed by atoms with E-state index in [2.05, 4.69) is 162 Å². The number of hydrogen-bond donors (Lipinski definition) is 1. The van der Waals surface area contributed by atoms with Gasteiger partial charge in [0, 0.05) is 20.0 Å². The van der Waals surface area contributed by atoms with Crippen LogP contribution < -0.4 is 0 Å². The van der Waals surface area contributed by atoms with Gasteiger partial charge in [0.1, 0.15) is 0 Å². The van der Waals surface area contributed by atoms with Gasteiger partial charge in [0.05, 0.1) is 26.1 Å². The van der Waals surface area contributed by atoms with Crippen LogP contribution in [0.3, 0.4) is 0 Å². The highest BCUT2D eigenvalue weighted by molar-refractivity contribution is 6.28. The molecule has 5 aromatic carbocycles. The number of benzene rings is 5. The highest BCUT2D eigenvalue weighted by Crippen LogP contribution is 2.38. The summed E-state index contributed by atoms with van der Waals surface area (Å²) in [6, 6.07) is 47.7. The molecule has 1 heterocycles. The molecule has 0 radical (unpaired) electrons. The summed E-state index contributed by atoms with van der Waals surface area (Å²) < 4.78 is 0.779. The zero-order valence-electron chi connectivity index (χ0n) is 31.9. The van der Waals surface area contributed by atoms with Gasteiger partial charge < -0.3 is 19.4 Å². The first-order valence-electron chi connectivity index (χ1n) is 17.3. The van der Waals surface area contributed by atoms with Crippen LogP contribution in [0.15, 0.2) is 146 Å². The summed E-state index contributed by atoms with van der Waals surface area (Å²) >= 11 is 6.22. The van der Waals surface area contributed by atoms with Crippen molar-refractivity contribution in [2.24, 2.45) is 0 Å². The van der Waals surface area contributed by atoms with Gasteiger partial charge in [-0.05, 0) is 56.0 Å². The van der Waals surface area contributed by atoms with Gasteiger partial charge in [-0.2, -0.15) is 6.07 Å². The van der Waals surface area contributed by atoms with Gasteiger partial charge in [-0.1, -0.05) is 152 Å². The van der Waals surface area contributed by atoms with E-state index in [0.29, 0.717) is 0 Å². The van der Waals surface area contributed by atoms with E-state index in [9.17, 15) is 0 Å². The number of hydrogen-bond acceptors (Lipinski definition) is 3. The van der Waals surface area contributed by atoms with Crippen LogP contribution in [0.4, 0.5) is 0 Å². The van der Waals surface area contributed by atoms with Gasteiger partial charge in [0.2, 0.25) is 0 Å². The van der Waals surface area contributed by atoms with Gasteiger partial charge in [-0.25, -0.2) is 0 Å². The first-order valence-corrected chi connectivity index (χ1v) is 17.7. The number of carboxylic acid groups (broad SMARTS) is 1. The second-order valence-corrected chi connectivity index (χ2v) is 13.7. The molecule has 1 aliphatic rings. The van der Waals surface area contributed by atoms with E-state index >= 15 is 0 Å². The minimum atomic E-state index is -0.833. The zero-order chi connectivity index (χ0) is 38.4. The Kier molecular flexibility index (Phi) is 19.6. The molecule has 274 valence electrons. The van der Waals surface area contributed by atoms with Gasteiger partial charge in [-0.3, -0.25) is 4.79 Å². The summed E-state index contributed by atoms with van der Waals surface area (Å²) in [5.74, 6) is -0.833. The van der Waals surface area contributed by atoms with Gasteiger partial charge in [0.15, 0.2) is 0 Å². The molecule has 52 heavy (non-hydrogen) atoms. The highest BCUT2D eigenvalue weighted by Gasteiger charge is 2.29. The van der Waals surface area contributed by atoms with Crippen molar-refractivity contribution in [1.29, 1.82) is 0 Å². The molecule has 6 rings (SSSR count). The number of rotatable bonds is 7. The maximum Gasteiger partial charge on any atom is 0.300 e. The number of aliphatic carboxylic acids is 1. The third-order valence-electron chi connectivity index (χ3n) is 7.51. The molecule has 0 amide bonds. The van der Waals surface area contributed by atoms with Crippen LogP contribution >= 0.6 is 11.6 Å². The van der Waals surface area contributed by atoms with E-state index in [1.807, 2.05) is 54.6 Å². The summed E-state index contributed by atoms with van der Waals surface area (Å²) in [5.41, 5.74) is 9.93. The van der Waals surface area contributed by atoms with E-state index in [0.717, 1.165) is 36.5 Å². The van der Waals surface area contributed by atoms with Crippen molar-refractivity contribution >= 4 is 35.8 Å². The molecule has 0 bridgehead atoms. The summed E-state index contributed by atoms with van der Waals surface area (Å²) in [6.07, 6.45) is 6.18. The predicted molar refractivity (Wildman–Crippen MR) is 223 cm³/mol. The van der Waals surface area contributed by atoms with Crippen LogP contribution in [-0.2, 0) is 24.4 Å². The smallest absolute Gasteiger partial charge is 0.300 e. The molecule has 6 heteroatoms. The standard InChI is InChI=1S/C17H19N.C10H12ClN.C9H13N.C8H8.C2H4O2/c1-18(2)14-17-11-7-6-10-16(17)13-12-15-8-4-3-5-9-15;1-12(2)7-8-5-3-4-6-9(8)10(12)11;1-10(2)8-9-6-4-3-5-7-9;1-2-8-6-4-3-5-7-8;1-2(3)4/h3-13H,14H2,1-2H3;3-6H,7H2,1-2H3;3-7H,8H2,1-2H3;2-7H,1H2;1H3,(H,3,4)/b13-12+;;;;. The van der Waals surface area contributed by atoms with E-state index in [-0.39, 0.29) is 0 Å². The molecule has 0 saturated heterocycles. The molecule has 0 fully saturated rings. The fraction of sp³-hybridized carbons (Fsp3) is 0.217. The second kappa shape index (κ2) is 23.5. The largest absolute Gasteiger partial charge is 0.481 e. The molecule has 0 unspecified atom stereocenters. The molecule has 5 aromatic rings. The Hall–Kier alpha value is -4.91. The molecule has 0 saturated carbocycles. The lowest BCUT2D eigenvalue weighted by molar-refractivity contribution is -0.872. The first-order chi connectivity index (χ1) is 24.8. The molecule has 0 aliphatic carbocycles. The maximum atomic E-state index is 9.00. The van der Waals surface area contributed by atoms with Crippen LogP contribution in [0.2, 0.25) is 0 Å². The van der Waals surface area contributed by atoms with Crippen LogP contribution in [0, 0.1) is 5.50 Å². The van der Waals surface area contributed by atoms with E-state index in [1.54, 1.807) is 0 Å². The Labute approximate surface area is 318 Å². The fourth-order valence-corrected chi connectivity index (χ4v) is 5.39. The van der Waals surface area contributed by atoms with Crippen molar-refractivity contribution in [1.82, 2.24) is 9.80 Å². The van der Waals surface area contributed by atoms with Crippen LogP contribution in [-0.4, -0.2) is 67.6 Å². The van der Waals surface area contributed by atoms with Gasteiger partial charge in [-0.15, -0.1) is 29.3 Å². The minimum Gasteiger partial charge on any atom is -0.481 e.